The summed E-state index contributed by atoms with van der Waals surface area (Å²) in [6.45, 7) is 4.00. The number of anilines is 1. The average Bonchev–Trinajstić information content (AvgIpc) is 2.69. The maximum atomic E-state index is 5.88. The van der Waals surface area contributed by atoms with Crippen LogP contribution in [0.5, 0.6) is 0 Å². The van der Waals surface area contributed by atoms with Crippen LogP contribution in [0.2, 0.25) is 5.02 Å². The SMILES string of the molecule is CCc1nc(-c2cc(Cl)cs2)nc(N)c1C. The van der Waals surface area contributed by atoms with Gasteiger partial charge in [-0.25, -0.2) is 9.97 Å². The number of aryl methyl sites for hydroxylation is 1. The van der Waals surface area contributed by atoms with Crippen LogP contribution in [0.15, 0.2) is 11.4 Å². The van der Waals surface area contributed by atoms with E-state index in [1.165, 1.54) is 11.3 Å². The molecule has 0 radical (unpaired) electrons. The number of halogens is 1. The quantitative estimate of drug-likeness (QED) is 0.893. The molecular weight excluding hydrogens is 242 g/mol. The van der Waals surface area contributed by atoms with Crippen LogP contribution in [0, 0.1) is 6.92 Å². The summed E-state index contributed by atoms with van der Waals surface area (Å²) < 4.78 is 0. The number of rotatable bonds is 2. The summed E-state index contributed by atoms with van der Waals surface area (Å²) in [6, 6.07) is 1.86. The van der Waals surface area contributed by atoms with Crippen LogP contribution in [-0.2, 0) is 6.42 Å². The molecule has 84 valence electrons. The van der Waals surface area contributed by atoms with E-state index in [0.717, 1.165) is 22.6 Å². The number of hydrogen-bond donors (Lipinski definition) is 1. The van der Waals surface area contributed by atoms with Gasteiger partial charge >= 0.3 is 0 Å². The number of thiophene rings is 1. The maximum Gasteiger partial charge on any atom is 0.171 e. The Labute approximate surface area is 103 Å². The van der Waals surface area contributed by atoms with Crippen LogP contribution in [-0.4, -0.2) is 9.97 Å². The van der Waals surface area contributed by atoms with E-state index in [1.807, 2.05) is 18.4 Å². The molecule has 0 aromatic carbocycles. The van der Waals surface area contributed by atoms with Gasteiger partial charge in [0, 0.05) is 16.6 Å². The fourth-order valence-corrected chi connectivity index (χ4v) is 2.47. The lowest BCUT2D eigenvalue weighted by molar-refractivity contribution is 0.984. The first-order valence-electron chi connectivity index (χ1n) is 4.99. The minimum atomic E-state index is 0.548. The molecule has 2 rings (SSSR count). The van der Waals surface area contributed by atoms with Gasteiger partial charge < -0.3 is 5.73 Å². The second-order valence-corrected chi connectivity index (χ2v) is 4.83. The lowest BCUT2D eigenvalue weighted by Crippen LogP contribution is -2.03. The van der Waals surface area contributed by atoms with E-state index in [9.17, 15) is 0 Å². The van der Waals surface area contributed by atoms with E-state index < -0.39 is 0 Å². The van der Waals surface area contributed by atoms with Gasteiger partial charge in [0.05, 0.1) is 9.90 Å². The van der Waals surface area contributed by atoms with Crippen molar-refractivity contribution in [1.82, 2.24) is 9.97 Å². The molecule has 16 heavy (non-hydrogen) atoms. The van der Waals surface area contributed by atoms with E-state index in [4.69, 9.17) is 17.3 Å². The van der Waals surface area contributed by atoms with Gasteiger partial charge in [-0.2, -0.15) is 0 Å². The lowest BCUT2D eigenvalue weighted by atomic mass is 10.2. The molecule has 2 N–H and O–H groups in total. The van der Waals surface area contributed by atoms with Crippen molar-refractivity contribution < 1.29 is 0 Å². The van der Waals surface area contributed by atoms with Gasteiger partial charge in [0.2, 0.25) is 0 Å². The number of nitrogens with zero attached hydrogens (tertiary/aromatic N) is 2. The first kappa shape index (κ1) is 11.4. The molecule has 0 spiro atoms. The summed E-state index contributed by atoms with van der Waals surface area (Å²) in [6.07, 6.45) is 0.852. The molecule has 0 amide bonds. The van der Waals surface area contributed by atoms with Gasteiger partial charge in [-0.3, -0.25) is 0 Å². The van der Waals surface area contributed by atoms with Crippen molar-refractivity contribution in [3.63, 3.8) is 0 Å². The van der Waals surface area contributed by atoms with Crippen molar-refractivity contribution in [3.8, 4) is 10.7 Å². The second-order valence-electron chi connectivity index (χ2n) is 3.49. The number of hydrogen-bond acceptors (Lipinski definition) is 4. The molecule has 2 aromatic rings. The van der Waals surface area contributed by atoms with Crippen LogP contribution in [0.25, 0.3) is 10.7 Å². The molecule has 0 fully saturated rings. The third kappa shape index (κ3) is 2.03. The van der Waals surface area contributed by atoms with Crippen molar-refractivity contribution in [1.29, 1.82) is 0 Å². The minimum Gasteiger partial charge on any atom is -0.383 e. The summed E-state index contributed by atoms with van der Waals surface area (Å²) in [7, 11) is 0. The molecule has 0 aliphatic carbocycles. The normalized spacial score (nSPS) is 10.7. The van der Waals surface area contributed by atoms with E-state index >= 15 is 0 Å². The fourth-order valence-electron chi connectivity index (χ4n) is 1.47. The molecule has 2 aromatic heterocycles. The van der Waals surface area contributed by atoms with Crippen molar-refractivity contribution >= 4 is 28.8 Å². The Balaban J connectivity index is 2.54. The predicted molar refractivity (Wildman–Crippen MR) is 68.9 cm³/mol. The van der Waals surface area contributed by atoms with Crippen molar-refractivity contribution in [2.75, 3.05) is 5.73 Å². The Morgan fingerprint density at radius 1 is 1.44 bits per heavy atom. The molecule has 0 atom stereocenters. The highest BCUT2D eigenvalue weighted by atomic mass is 35.5. The summed E-state index contributed by atoms with van der Waals surface area (Å²) in [5.74, 6) is 1.21. The first-order valence-corrected chi connectivity index (χ1v) is 6.25. The Kier molecular flexibility index (Phi) is 3.12. The number of aromatic nitrogens is 2. The smallest absolute Gasteiger partial charge is 0.171 e. The zero-order valence-corrected chi connectivity index (χ0v) is 10.7. The van der Waals surface area contributed by atoms with Crippen molar-refractivity contribution in [3.05, 3.63) is 27.7 Å². The van der Waals surface area contributed by atoms with Gasteiger partial charge in [-0.05, 0) is 19.4 Å². The molecule has 0 saturated heterocycles. The van der Waals surface area contributed by atoms with E-state index in [2.05, 4.69) is 16.9 Å². The van der Waals surface area contributed by atoms with Crippen molar-refractivity contribution in [2.45, 2.75) is 20.3 Å². The van der Waals surface area contributed by atoms with Gasteiger partial charge in [-0.1, -0.05) is 18.5 Å². The van der Waals surface area contributed by atoms with E-state index in [0.29, 0.717) is 16.7 Å². The van der Waals surface area contributed by atoms with E-state index in [-0.39, 0.29) is 0 Å². The molecule has 5 heteroatoms. The molecule has 0 aliphatic heterocycles. The van der Waals surface area contributed by atoms with Crippen LogP contribution in [0.3, 0.4) is 0 Å². The minimum absolute atomic E-state index is 0.548. The summed E-state index contributed by atoms with van der Waals surface area (Å²) >= 11 is 7.40. The molecule has 3 nitrogen and oxygen atoms in total. The highest BCUT2D eigenvalue weighted by molar-refractivity contribution is 7.14. The van der Waals surface area contributed by atoms with Crippen LogP contribution in [0.4, 0.5) is 5.82 Å². The van der Waals surface area contributed by atoms with Gasteiger partial charge in [0.15, 0.2) is 5.82 Å². The highest BCUT2D eigenvalue weighted by Gasteiger charge is 2.10. The van der Waals surface area contributed by atoms with Crippen LogP contribution in [0.1, 0.15) is 18.2 Å². The number of nitrogens with two attached hydrogens (primary N) is 1. The van der Waals surface area contributed by atoms with Crippen LogP contribution >= 0.6 is 22.9 Å². The summed E-state index contributed by atoms with van der Waals surface area (Å²) in [4.78, 5) is 9.73. The van der Waals surface area contributed by atoms with Gasteiger partial charge in [-0.15, -0.1) is 11.3 Å². The maximum absolute atomic E-state index is 5.88. The average molecular weight is 254 g/mol. The predicted octanol–water partition coefficient (Wildman–Crippen LogP) is 3.31. The summed E-state index contributed by atoms with van der Waals surface area (Å²) in [5, 5.41) is 2.57. The Hall–Kier alpha value is -1.13. The standard InChI is InChI=1S/C11H12ClN3S/c1-3-8-6(2)10(13)15-11(14-8)9-4-7(12)5-16-9/h4-5H,3H2,1-2H3,(H2,13,14,15). The summed E-state index contributed by atoms with van der Waals surface area (Å²) in [5.41, 5.74) is 7.82. The van der Waals surface area contributed by atoms with Crippen LogP contribution < -0.4 is 5.73 Å². The molecular formula is C11H12ClN3S. The molecule has 2 heterocycles. The third-order valence-electron chi connectivity index (χ3n) is 2.41. The zero-order valence-electron chi connectivity index (χ0n) is 9.12. The Bertz CT molecular complexity index is 522. The molecule has 0 aliphatic rings. The zero-order chi connectivity index (χ0) is 11.7. The van der Waals surface area contributed by atoms with Gasteiger partial charge in [0.25, 0.3) is 0 Å². The molecule has 0 saturated carbocycles. The first-order chi connectivity index (χ1) is 7.61. The Morgan fingerprint density at radius 2 is 2.19 bits per heavy atom. The largest absolute Gasteiger partial charge is 0.383 e. The fraction of sp³-hybridized carbons (Fsp3) is 0.273. The van der Waals surface area contributed by atoms with E-state index in [1.54, 1.807) is 0 Å². The third-order valence-corrected chi connectivity index (χ3v) is 3.68. The lowest BCUT2D eigenvalue weighted by Gasteiger charge is -2.07. The van der Waals surface area contributed by atoms with Crippen molar-refractivity contribution in [2.24, 2.45) is 0 Å². The highest BCUT2D eigenvalue weighted by Crippen LogP contribution is 2.28. The topological polar surface area (TPSA) is 51.8 Å². The monoisotopic (exact) mass is 253 g/mol. The molecule has 0 unspecified atom stereocenters. The number of nitrogen functional groups attached to an aromatic ring is 1. The molecule has 0 bridgehead atoms. The Morgan fingerprint density at radius 3 is 2.75 bits per heavy atom. The van der Waals surface area contributed by atoms with Gasteiger partial charge in [0.1, 0.15) is 5.82 Å². The second kappa shape index (κ2) is 4.39.